The van der Waals surface area contributed by atoms with Crippen molar-refractivity contribution in [3.8, 4) is 55.6 Å². The summed E-state index contributed by atoms with van der Waals surface area (Å²) in [6.45, 7) is 4.73. The summed E-state index contributed by atoms with van der Waals surface area (Å²) in [6, 6.07) is 81.5. The first kappa shape index (κ1) is 36.9. The van der Waals surface area contributed by atoms with Crippen molar-refractivity contribution in [1.82, 2.24) is 0 Å². The topological polar surface area (TPSA) is 16.4 Å². The van der Waals surface area contributed by atoms with Crippen LogP contribution in [0.5, 0.6) is 0 Å². The van der Waals surface area contributed by atoms with Crippen molar-refractivity contribution in [2.45, 2.75) is 19.3 Å². The van der Waals surface area contributed by atoms with Crippen molar-refractivity contribution < 1.29 is 4.42 Å². The van der Waals surface area contributed by atoms with Gasteiger partial charge in [-0.05, 0) is 127 Å². The minimum absolute atomic E-state index is 0.112. The normalized spacial score (nSPS) is 12.7. The zero-order valence-electron chi connectivity index (χ0n) is 35.2. The lowest BCUT2D eigenvalue weighted by Gasteiger charge is -2.29. The largest absolute Gasteiger partial charge is 0.456 e. The molecule has 0 amide bonds. The predicted octanol–water partition coefficient (Wildman–Crippen LogP) is 17.2. The maximum Gasteiger partial charge on any atom is 0.136 e. The minimum Gasteiger partial charge on any atom is -0.456 e. The molecule has 0 unspecified atom stereocenters. The summed E-state index contributed by atoms with van der Waals surface area (Å²) in [4.78, 5) is 2.41. The van der Waals surface area contributed by atoms with Crippen LogP contribution in [0.15, 0.2) is 229 Å². The van der Waals surface area contributed by atoms with E-state index < -0.39 is 0 Å². The fourth-order valence-corrected chi connectivity index (χ4v) is 10.3. The molecule has 2 nitrogen and oxygen atoms in total. The molecule has 1 aliphatic rings. The number of para-hydroxylation sites is 1. The maximum absolute atomic E-state index is 6.59. The highest BCUT2D eigenvalue weighted by Gasteiger charge is 2.37. The number of rotatable bonds is 7. The van der Waals surface area contributed by atoms with Crippen LogP contribution in [0.2, 0.25) is 0 Å². The van der Waals surface area contributed by atoms with E-state index in [1.807, 2.05) is 0 Å². The van der Waals surface area contributed by atoms with Gasteiger partial charge in [0.15, 0.2) is 0 Å². The van der Waals surface area contributed by atoms with Gasteiger partial charge in [0.2, 0.25) is 0 Å². The van der Waals surface area contributed by atoms with Gasteiger partial charge in [-0.2, -0.15) is 0 Å². The molecular formula is C61H43NO. The highest BCUT2D eigenvalue weighted by Crippen LogP contribution is 2.52. The fourth-order valence-electron chi connectivity index (χ4n) is 10.3. The van der Waals surface area contributed by atoms with Gasteiger partial charge in [0.25, 0.3) is 0 Å². The van der Waals surface area contributed by atoms with E-state index in [1.54, 1.807) is 0 Å². The number of anilines is 3. The molecule has 298 valence electrons. The Kier molecular flexibility index (Phi) is 8.55. The molecule has 0 spiro atoms. The molecule has 11 aromatic rings. The number of hydrogen-bond acceptors (Lipinski definition) is 2. The Morgan fingerprint density at radius 2 is 0.905 bits per heavy atom. The smallest absolute Gasteiger partial charge is 0.136 e. The van der Waals surface area contributed by atoms with Gasteiger partial charge in [0.1, 0.15) is 11.2 Å². The van der Waals surface area contributed by atoms with E-state index >= 15 is 0 Å². The van der Waals surface area contributed by atoms with Crippen LogP contribution in [0.1, 0.15) is 25.0 Å². The van der Waals surface area contributed by atoms with E-state index in [9.17, 15) is 0 Å². The lowest BCUT2D eigenvalue weighted by Crippen LogP contribution is -2.16. The average Bonchev–Trinajstić information content (AvgIpc) is 3.83. The van der Waals surface area contributed by atoms with E-state index in [0.29, 0.717) is 0 Å². The first-order valence-corrected chi connectivity index (χ1v) is 21.8. The van der Waals surface area contributed by atoms with Crippen molar-refractivity contribution in [3.63, 3.8) is 0 Å². The molecule has 63 heavy (non-hydrogen) atoms. The molecule has 0 saturated heterocycles. The van der Waals surface area contributed by atoms with Crippen LogP contribution in [0, 0.1) is 0 Å². The second kappa shape index (κ2) is 14.6. The van der Waals surface area contributed by atoms with Crippen molar-refractivity contribution in [1.29, 1.82) is 0 Å². The van der Waals surface area contributed by atoms with Gasteiger partial charge in [-0.1, -0.05) is 184 Å². The van der Waals surface area contributed by atoms with Gasteiger partial charge in [-0.25, -0.2) is 0 Å². The minimum atomic E-state index is -0.112. The van der Waals surface area contributed by atoms with E-state index in [2.05, 4.69) is 243 Å². The Balaban J connectivity index is 1.01. The second-order valence-electron chi connectivity index (χ2n) is 17.3. The van der Waals surface area contributed by atoms with E-state index in [-0.39, 0.29) is 5.41 Å². The standard InChI is InChI=1S/C61H43NO/c1-61(2)55-26-10-8-21-50(55)53-25-13-23-49(60(53)61)42-31-35-48(36-32-42)62(47-33-29-41(30-34-47)44-20-12-19-43(37-44)40-15-4-3-5-16-40)56-27-11-9-22-51(56)52-24-14-28-57-59(52)54-38-45-17-6-7-18-46(45)39-58(54)63-57/h3-39H,1-2H3. The molecule has 10 aromatic carbocycles. The second-order valence-corrected chi connectivity index (χ2v) is 17.3. The first-order chi connectivity index (χ1) is 31.0. The van der Waals surface area contributed by atoms with Crippen LogP contribution in [-0.2, 0) is 5.41 Å². The van der Waals surface area contributed by atoms with Gasteiger partial charge < -0.3 is 9.32 Å². The highest BCUT2D eigenvalue weighted by atomic mass is 16.3. The summed E-state index contributed by atoms with van der Waals surface area (Å²) in [5.74, 6) is 0. The third-order valence-electron chi connectivity index (χ3n) is 13.2. The lowest BCUT2D eigenvalue weighted by atomic mass is 9.79. The van der Waals surface area contributed by atoms with Gasteiger partial charge in [0.05, 0.1) is 5.69 Å². The van der Waals surface area contributed by atoms with Crippen LogP contribution >= 0.6 is 0 Å². The molecule has 2 heteroatoms. The molecule has 1 aliphatic carbocycles. The van der Waals surface area contributed by atoms with Gasteiger partial charge in [-0.3, -0.25) is 0 Å². The quantitative estimate of drug-likeness (QED) is 0.160. The number of furan rings is 1. The van der Waals surface area contributed by atoms with Crippen LogP contribution < -0.4 is 4.90 Å². The average molecular weight is 806 g/mol. The number of nitrogens with zero attached hydrogens (tertiary/aromatic N) is 1. The highest BCUT2D eigenvalue weighted by molar-refractivity contribution is 6.16. The van der Waals surface area contributed by atoms with Crippen LogP contribution in [0.25, 0.3) is 88.3 Å². The molecule has 0 fully saturated rings. The third kappa shape index (κ3) is 6.09. The summed E-state index contributed by atoms with van der Waals surface area (Å²) < 4.78 is 6.59. The van der Waals surface area contributed by atoms with E-state index in [0.717, 1.165) is 50.1 Å². The Bertz CT molecular complexity index is 3520. The van der Waals surface area contributed by atoms with E-state index in [1.165, 1.54) is 66.4 Å². The zero-order valence-corrected chi connectivity index (χ0v) is 35.2. The molecule has 0 atom stereocenters. The molecular weight excluding hydrogens is 763 g/mol. The monoisotopic (exact) mass is 805 g/mol. The number of hydrogen-bond donors (Lipinski definition) is 0. The molecule has 12 rings (SSSR count). The summed E-state index contributed by atoms with van der Waals surface area (Å²) in [5, 5.41) is 4.61. The maximum atomic E-state index is 6.59. The summed E-state index contributed by atoms with van der Waals surface area (Å²) in [6.07, 6.45) is 0. The summed E-state index contributed by atoms with van der Waals surface area (Å²) in [7, 11) is 0. The van der Waals surface area contributed by atoms with Crippen molar-refractivity contribution >= 4 is 49.8 Å². The Hall–Kier alpha value is -7.94. The number of benzene rings is 10. The molecule has 0 saturated carbocycles. The Morgan fingerprint density at radius 3 is 1.67 bits per heavy atom. The fraction of sp³-hybridized carbons (Fsp3) is 0.0492. The van der Waals surface area contributed by atoms with Crippen LogP contribution in [0.4, 0.5) is 17.1 Å². The van der Waals surface area contributed by atoms with Gasteiger partial charge >= 0.3 is 0 Å². The van der Waals surface area contributed by atoms with Gasteiger partial charge in [-0.15, -0.1) is 0 Å². The molecule has 1 heterocycles. The molecule has 0 radical (unpaired) electrons. The molecule has 1 aromatic heterocycles. The zero-order chi connectivity index (χ0) is 42.1. The molecule has 0 N–H and O–H groups in total. The SMILES string of the molecule is CC1(C)c2ccccc2-c2cccc(-c3ccc(N(c4ccc(-c5cccc(-c6ccccc6)c5)cc4)c4ccccc4-c4cccc5oc6cc7ccccc7cc6c45)cc3)c21. The van der Waals surface area contributed by atoms with Crippen molar-refractivity contribution in [2.75, 3.05) is 4.90 Å². The van der Waals surface area contributed by atoms with Gasteiger partial charge in [0, 0.05) is 33.1 Å². The van der Waals surface area contributed by atoms with Crippen LogP contribution in [0.3, 0.4) is 0 Å². The Labute approximate surface area is 368 Å². The molecule has 0 aliphatic heterocycles. The first-order valence-electron chi connectivity index (χ1n) is 21.8. The lowest BCUT2D eigenvalue weighted by molar-refractivity contribution is 0.662. The summed E-state index contributed by atoms with van der Waals surface area (Å²) in [5.41, 5.74) is 19.9. The Morgan fingerprint density at radius 1 is 0.365 bits per heavy atom. The van der Waals surface area contributed by atoms with Crippen molar-refractivity contribution in [3.05, 3.63) is 236 Å². The predicted molar refractivity (Wildman–Crippen MR) is 265 cm³/mol. The van der Waals surface area contributed by atoms with E-state index in [4.69, 9.17) is 4.42 Å². The third-order valence-corrected chi connectivity index (χ3v) is 13.2. The van der Waals surface area contributed by atoms with Crippen LogP contribution in [-0.4, -0.2) is 0 Å². The van der Waals surface area contributed by atoms with Crippen molar-refractivity contribution in [2.24, 2.45) is 0 Å². The summed E-state index contributed by atoms with van der Waals surface area (Å²) >= 11 is 0. The molecule has 0 bridgehead atoms. The number of fused-ring (bicyclic) bond motifs is 7.